The van der Waals surface area contributed by atoms with Crippen LogP contribution in [-0.4, -0.2) is 20.9 Å². The van der Waals surface area contributed by atoms with Crippen LogP contribution in [0.1, 0.15) is 0 Å². The van der Waals surface area contributed by atoms with Crippen LogP contribution in [0.2, 0.25) is 4.34 Å². The molecule has 0 saturated heterocycles. The van der Waals surface area contributed by atoms with Gasteiger partial charge in [-0.3, -0.25) is 13.5 Å². The second-order valence-electron chi connectivity index (χ2n) is 1.90. The number of hydrogen-bond donors (Lipinski definition) is 1. The van der Waals surface area contributed by atoms with Gasteiger partial charge in [0.05, 0.1) is 0 Å². The average Bonchev–Trinajstić information content (AvgIpc) is 2.31. The summed E-state index contributed by atoms with van der Waals surface area (Å²) in [5, 5.41) is 7.59. The molecule has 0 spiro atoms. The Balaban J connectivity index is 0.000000252. The van der Waals surface area contributed by atoms with E-state index in [0.29, 0.717) is 4.34 Å². The maximum absolute atomic E-state index is 10.5. The summed E-state index contributed by atoms with van der Waals surface area (Å²) >= 11 is 11.4. The van der Waals surface area contributed by atoms with E-state index in [1.165, 1.54) is 21.6 Å². The first-order chi connectivity index (χ1) is 5.97. The molecule has 13 heavy (non-hydrogen) atoms. The third-order valence-electron chi connectivity index (χ3n) is 0.886. The summed E-state index contributed by atoms with van der Waals surface area (Å²) in [6, 6.07) is 1.40. The molecule has 0 aliphatic rings. The summed E-state index contributed by atoms with van der Waals surface area (Å²) in [6.07, 6.45) is 0. The van der Waals surface area contributed by atoms with E-state index in [1.807, 2.05) is 0 Å². The number of rotatable bonds is 1. The van der Waals surface area contributed by atoms with Gasteiger partial charge in [0.2, 0.25) is 0 Å². The summed E-state index contributed by atoms with van der Waals surface area (Å²) in [5.41, 5.74) is -0.0417. The number of alkyl halides is 1. The molecule has 0 radical (unpaired) electrons. The molecule has 0 unspecified atom stereocenters. The van der Waals surface area contributed by atoms with Gasteiger partial charge >= 0.3 is 5.97 Å². The zero-order chi connectivity index (χ0) is 10.4. The number of aromatic nitrogens is 1. The fourth-order valence-corrected chi connectivity index (χ4v) is 1.35. The van der Waals surface area contributed by atoms with Gasteiger partial charge in [0, 0.05) is 13.1 Å². The topological polar surface area (TPSA) is 59.3 Å². The van der Waals surface area contributed by atoms with E-state index in [0.717, 1.165) is 0 Å². The summed E-state index contributed by atoms with van der Waals surface area (Å²) in [4.78, 5) is 19.8. The first-order valence-electron chi connectivity index (χ1n) is 3.08. The van der Waals surface area contributed by atoms with Crippen LogP contribution in [0.15, 0.2) is 10.9 Å². The minimum Gasteiger partial charge on any atom is -0.480 e. The zero-order valence-electron chi connectivity index (χ0n) is 6.66. The van der Waals surface area contributed by atoms with Gasteiger partial charge in [0.1, 0.15) is 10.2 Å². The van der Waals surface area contributed by atoms with Crippen LogP contribution in [0.4, 0.5) is 0 Å². The van der Waals surface area contributed by atoms with Gasteiger partial charge in [0.15, 0.2) is 0 Å². The Morgan fingerprint density at radius 3 is 2.31 bits per heavy atom. The number of aryl methyl sites for hydroxylation is 1. The number of carbonyl (C=O) groups is 1. The minimum absolute atomic E-state index is 0.0417. The Morgan fingerprint density at radius 2 is 2.23 bits per heavy atom. The molecule has 0 aromatic carbocycles. The average molecular weight is 244 g/mol. The Bertz CT molecular complexity index is 333. The largest absolute Gasteiger partial charge is 0.480 e. The van der Waals surface area contributed by atoms with Crippen LogP contribution in [-0.2, 0) is 11.8 Å². The predicted octanol–water partition coefficient (Wildman–Crippen LogP) is 1.41. The Morgan fingerprint density at radius 1 is 1.77 bits per heavy atom. The zero-order valence-corrected chi connectivity index (χ0v) is 8.99. The minimum atomic E-state index is -0.980. The van der Waals surface area contributed by atoms with Crippen molar-refractivity contribution in [3.63, 3.8) is 0 Å². The lowest BCUT2D eigenvalue weighted by Gasteiger charge is -1.77. The van der Waals surface area contributed by atoms with Crippen molar-refractivity contribution in [3.8, 4) is 0 Å². The number of halogens is 2. The van der Waals surface area contributed by atoms with Crippen LogP contribution in [0.25, 0.3) is 0 Å². The highest BCUT2D eigenvalue weighted by Crippen LogP contribution is 2.09. The van der Waals surface area contributed by atoms with Crippen LogP contribution in [0, 0.1) is 0 Å². The van der Waals surface area contributed by atoms with Gasteiger partial charge in [-0.05, 0) is 11.5 Å². The molecule has 0 aliphatic carbocycles. The van der Waals surface area contributed by atoms with Crippen LogP contribution in [0.3, 0.4) is 0 Å². The molecular weight excluding hydrogens is 237 g/mol. The van der Waals surface area contributed by atoms with Crippen molar-refractivity contribution in [2.75, 3.05) is 5.88 Å². The third-order valence-corrected chi connectivity index (χ3v) is 2.18. The number of carboxylic acids is 1. The molecule has 1 aromatic heterocycles. The van der Waals surface area contributed by atoms with Crippen molar-refractivity contribution in [2.45, 2.75) is 0 Å². The highest BCUT2D eigenvalue weighted by Gasteiger charge is 1.93. The van der Waals surface area contributed by atoms with Crippen molar-refractivity contribution in [2.24, 2.45) is 7.05 Å². The molecule has 0 fully saturated rings. The molecule has 7 heteroatoms. The van der Waals surface area contributed by atoms with Gasteiger partial charge in [-0.1, -0.05) is 11.6 Å². The lowest BCUT2D eigenvalue weighted by molar-refractivity contribution is -0.134. The molecule has 1 N–H and O–H groups in total. The lowest BCUT2D eigenvalue weighted by Crippen LogP contribution is -2.05. The van der Waals surface area contributed by atoms with Crippen molar-refractivity contribution in [3.05, 3.63) is 20.8 Å². The van der Waals surface area contributed by atoms with Crippen LogP contribution >= 0.6 is 34.7 Å². The van der Waals surface area contributed by atoms with Crippen molar-refractivity contribution in [1.29, 1.82) is 0 Å². The molecule has 0 saturated carbocycles. The van der Waals surface area contributed by atoms with Gasteiger partial charge in [0.25, 0.3) is 5.56 Å². The lowest BCUT2D eigenvalue weighted by atomic mass is 10.7. The van der Waals surface area contributed by atoms with Crippen LogP contribution in [0.5, 0.6) is 0 Å². The van der Waals surface area contributed by atoms with Crippen LogP contribution < -0.4 is 5.56 Å². The molecule has 74 valence electrons. The highest BCUT2D eigenvalue weighted by molar-refractivity contribution is 7.11. The molecule has 0 amide bonds. The molecule has 0 aliphatic heterocycles. The SMILES string of the molecule is Cn1sc(Cl)cc1=O.O=C(O)CCl. The fraction of sp³-hybridized carbons (Fsp3) is 0.333. The predicted molar refractivity (Wildman–Crippen MR) is 52.9 cm³/mol. The van der Waals surface area contributed by atoms with Gasteiger partial charge in [-0.2, -0.15) is 0 Å². The van der Waals surface area contributed by atoms with E-state index in [-0.39, 0.29) is 11.4 Å². The first-order valence-corrected chi connectivity index (χ1v) is 4.76. The monoisotopic (exact) mass is 243 g/mol. The molecule has 1 rings (SSSR count). The Kier molecular flexibility index (Phi) is 5.77. The van der Waals surface area contributed by atoms with E-state index < -0.39 is 5.97 Å². The fourth-order valence-electron chi connectivity index (χ4n) is 0.390. The van der Waals surface area contributed by atoms with E-state index in [1.54, 1.807) is 7.05 Å². The molecule has 4 nitrogen and oxygen atoms in total. The van der Waals surface area contributed by atoms with E-state index in [2.05, 4.69) is 0 Å². The van der Waals surface area contributed by atoms with Crippen molar-refractivity contribution < 1.29 is 9.90 Å². The Hall–Kier alpha value is -0.520. The maximum Gasteiger partial charge on any atom is 0.318 e. The highest BCUT2D eigenvalue weighted by atomic mass is 35.5. The second kappa shape index (κ2) is 6.01. The molecular formula is C6H7Cl2NO3S. The van der Waals surface area contributed by atoms with Gasteiger partial charge < -0.3 is 5.11 Å². The number of aliphatic carboxylic acids is 1. The summed E-state index contributed by atoms with van der Waals surface area (Å²) in [6.45, 7) is 0. The summed E-state index contributed by atoms with van der Waals surface area (Å²) < 4.78 is 2.01. The summed E-state index contributed by atoms with van der Waals surface area (Å²) in [5.74, 6) is -1.29. The first kappa shape index (κ1) is 12.5. The molecule has 0 bridgehead atoms. The van der Waals surface area contributed by atoms with E-state index in [4.69, 9.17) is 28.3 Å². The van der Waals surface area contributed by atoms with E-state index >= 15 is 0 Å². The number of carboxylic acid groups (broad SMARTS) is 1. The number of nitrogens with zero attached hydrogens (tertiary/aromatic N) is 1. The van der Waals surface area contributed by atoms with E-state index in [9.17, 15) is 9.59 Å². The maximum atomic E-state index is 10.5. The number of hydrogen-bond acceptors (Lipinski definition) is 3. The standard InChI is InChI=1S/C4H4ClNOS.C2H3ClO2/c1-6-4(7)2-3(5)8-6;3-1-2(4)5/h2H,1H3;1H2,(H,4,5). The van der Waals surface area contributed by atoms with Gasteiger partial charge in [-0.25, -0.2) is 0 Å². The van der Waals surface area contributed by atoms with Crippen molar-refractivity contribution in [1.82, 2.24) is 3.96 Å². The summed E-state index contributed by atoms with van der Waals surface area (Å²) in [7, 11) is 1.68. The van der Waals surface area contributed by atoms with Crippen molar-refractivity contribution >= 4 is 40.7 Å². The smallest absolute Gasteiger partial charge is 0.318 e. The quantitative estimate of drug-likeness (QED) is 0.760. The van der Waals surface area contributed by atoms with Gasteiger partial charge in [-0.15, -0.1) is 11.6 Å². The molecule has 1 heterocycles. The second-order valence-corrected chi connectivity index (χ2v) is 3.97. The molecule has 1 aromatic rings. The normalized spacial score (nSPS) is 8.85. The molecule has 0 atom stereocenters. The Labute approximate surface area is 88.5 Å². The third kappa shape index (κ3) is 5.68.